The van der Waals surface area contributed by atoms with Crippen LogP contribution in [0.1, 0.15) is 50.1 Å². The summed E-state index contributed by atoms with van der Waals surface area (Å²) < 4.78 is 4.95. The van der Waals surface area contributed by atoms with Crippen LogP contribution in [-0.4, -0.2) is 33.5 Å². The standard InChI is InChI=1S/C10H15N3O3S.C5H7N3OS/c1-6-5-11-8(17-6)7(14)12-13-9(15)16-10(2,3)4;1-3-2-7-5(10-3)4(9)8-6/h5H,1-4H3,(H,12,14)(H,13,15);2H,6H2,1H3,(H,8,9). The number of aryl methyl sites for hydroxylation is 2. The molecule has 0 bridgehead atoms. The Morgan fingerprint density at radius 3 is 1.81 bits per heavy atom. The van der Waals surface area contributed by atoms with E-state index in [0.717, 1.165) is 9.75 Å². The molecule has 0 aliphatic heterocycles. The predicted molar refractivity (Wildman–Crippen MR) is 102 cm³/mol. The number of hydrogen-bond acceptors (Lipinski definition) is 9. The molecule has 2 heterocycles. The van der Waals surface area contributed by atoms with E-state index in [4.69, 9.17) is 10.6 Å². The van der Waals surface area contributed by atoms with E-state index < -0.39 is 17.6 Å². The average Bonchev–Trinajstić information content (AvgIpc) is 3.19. The largest absolute Gasteiger partial charge is 0.443 e. The lowest BCUT2D eigenvalue weighted by molar-refractivity contribution is 0.0483. The van der Waals surface area contributed by atoms with E-state index in [9.17, 15) is 14.4 Å². The van der Waals surface area contributed by atoms with Crippen LogP contribution in [-0.2, 0) is 4.74 Å². The van der Waals surface area contributed by atoms with Crippen molar-refractivity contribution in [2.75, 3.05) is 0 Å². The zero-order valence-electron chi connectivity index (χ0n) is 15.6. The van der Waals surface area contributed by atoms with Crippen molar-refractivity contribution < 1.29 is 19.1 Å². The number of nitrogens with two attached hydrogens (primary N) is 1. The lowest BCUT2D eigenvalue weighted by atomic mass is 10.2. The van der Waals surface area contributed by atoms with E-state index in [1.54, 1.807) is 33.2 Å². The van der Waals surface area contributed by atoms with Crippen molar-refractivity contribution in [1.82, 2.24) is 26.2 Å². The van der Waals surface area contributed by atoms with Crippen LogP contribution in [0.2, 0.25) is 0 Å². The Morgan fingerprint density at radius 1 is 0.963 bits per heavy atom. The molecule has 2 aromatic heterocycles. The molecular formula is C15H22N6O4S2. The molecule has 0 aliphatic carbocycles. The number of carbonyl (C=O) groups excluding carboxylic acids is 3. The third kappa shape index (κ3) is 8.57. The summed E-state index contributed by atoms with van der Waals surface area (Å²) in [5.41, 5.74) is 5.77. The SMILES string of the molecule is Cc1cnc(C(=O)NN)s1.Cc1cnc(C(=O)NNC(=O)OC(C)(C)C)s1. The molecule has 0 spiro atoms. The Bertz CT molecular complexity index is 796. The molecule has 0 saturated heterocycles. The van der Waals surface area contributed by atoms with Gasteiger partial charge in [0.1, 0.15) is 5.60 Å². The number of nitrogens with zero attached hydrogens (tertiary/aromatic N) is 2. The zero-order valence-corrected chi connectivity index (χ0v) is 17.2. The lowest BCUT2D eigenvalue weighted by Crippen LogP contribution is -2.44. The van der Waals surface area contributed by atoms with Crippen LogP contribution in [0.15, 0.2) is 12.4 Å². The molecule has 0 radical (unpaired) electrons. The maximum absolute atomic E-state index is 11.5. The number of nitrogen functional groups attached to an aromatic ring is 1. The molecule has 2 aromatic rings. The van der Waals surface area contributed by atoms with Gasteiger partial charge in [0.25, 0.3) is 11.8 Å². The summed E-state index contributed by atoms with van der Waals surface area (Å²) in [7, 11) is 0. The van der Waals surface area contributed by atoms with Crippen LogP contribution >= 0.6 is 22.7 Å². The number of aromatic nitrogens is 2. The molecule has 12 heteroatoms. The molecule has 0 atom stereocenters. The van der Waals surface area contributed by atoms with Crippen molar-refractivity contribution >= 4 is 40.6 Å². The number of carbonyl (C=O) groups is 3. The molecule has 10 nitrogen and oxygen atoms in total. The minimum absolute atomic E-state index is 0.290. The molecule has 3 amide bonds. The summed E-state index contributed by atoms with van der Waals surface area (Å²) >= 11 is 2.56. The molecule has 5 N–H and O–H groups in total. The van der Waals surface area contributed by atoms with Crippen LogP contribution in [0.5, 0.6) is 0 Å². The normalized spacial score (nSPS) is 10.3. The van der Waals surface area contributed by atoms with Gasteiger partial charge in [0.2, 0.25) is 0 Å². The van der Waals surface area contributed by atoms with Crippen molar-refractivity contribution in [3.05, 3.63) is 32.2 Å². The fourth-order valence-electron chi connectivity index (χ4n) is 1.45. The van der Waals surface area contributed by atoms with Gasteiger partial charge in [-0.05, 0) is 34.6 Å². The van der Waals surface area contributed by atoms with E-state index in [-0.39, 0.29) is 5.91 Å². The summed E-state index contributed by atoms with van der Waals surface area (Å²) in [5, 5.41) is 0.693. The fourth-order valence-corrected chi connectivity index (χ4v) is 2.77. The molecule has 148 valence electrons. The van der Waals surface area contributed by atoms with Crippen molar-refractivity contribution in [2.24, 2.45) is 5.84 Å². The first-order valence-corrected chi connectivity index (χ1v) is 9.30. The van der Waals surface area contributed by atoms with Gasteiger partial charge in [0, 0.05) is 22.1 Å². The highest BCUT2D eigenvalue weighted by atomic mass is 32.1. The Balaban J connectivity index is 0.000000309. The highest BCUT2D eigenvalue weighted by Gasteiger charge is 2.17. The highest BCUT2D eigenvalue weighted by molar-refractivity contribution is 7.13. The van der Waals surface area contributed by atoms with E-state index in [0.29, 0.717) is 10.0 Å². The smallest absolute Gasteiger partial charge is 0.426 e. The van der Waals surface area contributed by atoms with Crippen LogP contribution in [0.4, 0.5) is 4.79 Å². The van der Waals surface area contributed by atoms with Crippen LogP contribution < -0.4 is 22.1 Å². The summed E-state index contributed by atoms with van der Waals surface area (Å²) in [6.45, 7) is 8.93. The van der Waals surface area contributed by atoms with Gasteiger partial charge in [-0.2, -0.15) is 0 Å². The average molecular weight is 415 g/mol. The van der Waals surface area contributed by atoms with Crippen molar-refractivity contribution in [2.45, 2.75) is 40.2 Å². The van der Waals surface area contributed by atoms with Gasteiger partial charge in [-0.15, -0.1) is 22.7 Å². The minimum atomic E-state index is -0.709. The number of rotatable bonds is 2. The van der Waals surface area contributed by atoms with Gasteiger partial charge in [-0.3, -0.25) is 20.4 Å². The van der Waals surface area contributed by atoms with Gasteiger partial charge < -0.3 is 4.74 Å². The fraction of sp³-hybridized carbons (Fsp3) is 0.400. The minimum Gasteiger partial charge on any atom is -0.443 e. The summed E-state index contributed by atoms with van der Waals surface area (Å²) in [4.78, 5) is 43.1. The van der Waals surface area contributed by atoms with Gasteiger partial charge in [-0.25, -0.2) is 26.0 Å². The Labute approximate surface area is 164 Å². The number of ether oxygens (including phenoxy) is 1. The van der Waals surface area contributed by atoms with E-state index >= 15 is 0 Å². The topological polar surface area (TPSA) is 148 Å². The monoisotopic (exact) mass is 414 g/mol. The third-order valence-electron chi connectivity index (χ3n) is 2.44. The number of amides is 3. The second-order valence-corrected chi connectivity index (χ2v) is 8.58. The second kappa shape index (κ2) is 9.94. The maximum atomic E-state index is 11.5. The van der Waals surface area contributed by atoms with Crippen LogP contribution in [0.3, 0.4) is 0 Å². The molecule has 27 heavy (non-hydrogen) atoms. The lowest BCUT2D eigenvalue weighted by Gasteiger charge is -2.19. The van der Waals surface area contributed by atoms with Gasteiger partial charge >= 0.3 is 6.09 Å². The van der Waals surface area contributed by atoms with Crippen molar-refractivity contribution in [1.29, 1.82) is 0 Å². The van der Waals surface area contributed by atoms with E-state index in [1.807, 2.05) is 19.3 Å². The highest BCUT2D eigenvalue weighted by Crippen LogP contribution is 2.11. The molecular weight excluding hydrogens is 392 g/mol. The van der Waals surface area contributed by atoms with Crippen molar-refractivity contribution in [3.63, 3.8) is 0 Å². The first kappa shape index (κ1) is 22.5. The number of thiazole rings is 2. The van der Waals surface area contributed by atoms with Gasteiger partial charge in [-0.1, -0.05) is 0 Å². The molecule has 0 unspecified atom stereocenters. The Morgan fingerprint density at radius 2 is 1.44 bits per heavy atom. The molecule has 2 rings (SSSR count). The maximum Gasteiger partial charge on any atom is 0.426 e. The molecule has 0 fully saturated rings. The van der Waals surface area contributed by atoms with Crippen LogP contribution in [0, 0.1) is 13.8 Å². The zero-order chi connectivity index (χ0) is 20.6. The number of nitrogens with one attached hydrogen (secondary N) is 3. The Kier molecular flexibility index (Phi) is 8.28. The van der Waals surface area contributed by atoms with E-state index in [2.05, 4.69) is 20.8 Å². The van der Waals surface area contributed by atoms with Crippen molar-refractivity contribution in [3.8, 4) is 0 Å². The first-order valence-electron chi connectivity index (χ1n) is 7.67. The quantitative estimate of drug-likeness (QED) is 0.332. The number of hydrogen-bond donors (Lipinski definition) is 4. The first-order chi connectivity index (χ1) is 12.5. The predicted octanol–water partition coefficient (Wildman–Crippen LogP) is 1.68. The number of hydrazine groups is 2. The Hall–Kier alpha value is -2.57. The second-order valence-electron chi connectivity index (χ2n) is 6.11. The third-order valence-corrected chi connectivity index (χ3v) is 4.26. The molecule has 0 aliphatic rings. The van der Waals surface area contributed by atoms with Gasteiger partial charge in [0.15, 0.2) is 10.0 Å². The van der Waals surface area contributed by atoms with Crippen LogP contribution in [0.25, 0.3) is 0 Å². The molecule has 0 aromatic carbocycles. The summed E-state index contributed by atoms with van der Waals surface area (Å²) in [6, 6.07) is 0. The summed E-state index contributed by atoms with van der Waals surface area (Å²) in [6.07, 6.45) is 2.52. The van der Waals surface area contributed by atoms with E-state index in [1.165, 1.54) is 22.7 Å². The van der Waals surface area contributed by atoms with Gasteiger partial charge in [0.05, 0.1) is 0 Å². The summed E-state index contributed by atoms with van der Waals surface area (Å²) in [5.74, 6) is 4.08. The molecule has 0 saturated carbocycles.